The molecule has 120 valence electrons. The second-order valence-corrected chi connectivity index (χ2v) is 5.70. The Balaban J connectivity index is 2.05. The van der Waals surface area contributed by atoms with Crippen LogP contribution in [-0.2, 0) is 16.1 Å². The molecule has 4 heteroatoms. The fourth-order valence-corrected chi connectivity index (χ4v) is 2.56. The minimum absolute atomic E-state index is 0.290. The SMILES string of the molecule is C=C[C@H](COCc1ccccc1)[C@@H](C(=O)O)c1ccc(Cl)cc1. The van der Waals surface area contributed by atoms with Crippen LogP contribution in [0.4, 0.5) is 0 Å². The first-order valence-electron chi connectivity index (χ1n) is 7.34. The fraction of sp³-hybridized carbons (Fsp3) is 0.211. The second-order valence-electron chi connectivity index (χ2n) is 5.27. The van der Waals surface area contributed by atoms with E-state index in [2.05, 4.69) is 6.58 Å². The summed E-state index contributed by atoms with van der Waals surface area (Å²) in [5, 5.41) is 10.2. The van der Waals surface area contributed by atoms with Crippen molar-refractivity contribution in [2.45, 2.75) is 12.5 Å². The number of halogens is 1. The van der Waals surface area contributed by atoms with Gasteiger partial charge in [-0.05, 0) is 23.3 Å². The Hall–Kier alpha value is -2.10. The number of aliphatic carboxylic acids is 1. The van der Waals surface area contributed by atoms with Crippen LogP contribution >= 0.6 is 11.6 Å². The lowest BCUT2D eigenvalue weighted by atomic mass is 9.86. The first-order chi connectivity index (χ1) is 11.1. The zero-order valence-corrected chi connectivity index (χ0v) is 13.4. The van der Waals surface area contributed by atoms with Crippen molar-refractivity contribution in [1.82, 2.24) is 0 Å². The summed E-state index contributed by atoms with van der Waals surface area (Å²) in [6.07, 6.45) is 1.64. The van der Waals surface area contributed by atoms with E-state index in [1.54, 1.807) is 30.3 Å². The number of hydrogen-bond acceptors (Lipinski definition) is 2. The summed E-state index contributed by atoms with van der Waals surface area (Å²) in [4.78, 5) is 11.7. The van der Waals surface area contributed by atoms with Gasteiger partial charge in [0.2, 0.25) is 0 Å². The Bertz CT molecular complexity index is 637. The van der Waals surface area contributed by atoms with E-state index in [-0.39, 0.29) is 12.5 Å². The van der Waals surface area contributed by atoms with E-state index in [4.69, 9.17) is 16.3 Å². The van der Waals surface area contributed by atoms with Crippen molar-refractivity contribution in [3.8, 4) is 0 Å². The second kappa shape index (κ2) is 8.51. The Morgan fingerprint density at radius 3 is 2.39 bits per heavy atom. The summed E-state index contributed by atoms with van der Waals surface area (Å²) in [6.45, 7) is 4.50. The molecule has 3 nitrogen and oxygen atoms in total. The molecule has 0 spiro atoms. The van der Waals surface area contributed by atoms with Crippen LogP contribution in [0.15, 0.2) is 67.3 Å². The molecule has 0 radical (unpaired) electrons. The van der Waals surface area contributed by atoms with E-state index >= 15 is 0 Å². The van der Waals surface area contributed by atoms with Crippen LogP contribution in [0.25, 0.3) is 0 Å². The molecule has 0 aliphatic heterocycles. The smallest absolute Gasteiger partial charge is 0.311 e. The maximum absolute atomic E-state index is 11.7. The number of carboxylic acids is 1. The average molecular weight is 331 g/mol. The molecule has 0 saturated carbocycles. The molecular weight excluding hydrogens is 312 g/mol. The van der Waals surface area contributed by atoms with Crippen LogP contribution in [0, 0.1) is 5.92 Å². The molecule has 2 aromatic carbocycles. The van der Waals surface area contributed by atoms with Gasteiger partial charge in [0.15, 0.2) is 0 Å². The van der Waals surface area contributed by atoms with Gasteiger partial charge in [0.05, 0.1) is 19.1 Å². The Labute approximate surface area is 141 Å². The molecular formula is C19H19ClO3. The van der Waals surface area contributed by atoms with Gasteiger partial charge in [-0.15, -0.1) is 6.58 Å². The highest BCUT2D eigenvalue weighted by molar-refractivity contribution is 6.30. The lowest BCUT2D eigenvalue weighted by Gasteiger charge is -2.21. The molecule has 2 rings (SSSR count). The predicted octanol–water partition coefficient (Wildman–Crippen LogP) is 4.53. The van der Waals surface area contributed by atoms with Gasteiger partial charge in [0, 0.05) is 10.9 Å². The van der Waals surface area contributed by atoms with Crippen molar-refractivity contribution in [3.63, 3.8) is 0 Å². The van der Waals surface area contributed by atoms with E-state index in [1.165, 1.54) is 0 Å². The third-order valence-corrected chi connectivity index (χ3v) is 3.90. The maximum atomic E-state index is 11.7. The number of hydrogen-bond donors (Lipinski definition) is 1. The summed E-state index contributed by atoms with van der Waals surface area (Å²) < 4.78 is 5.69. The van der Waals surface area contributed by atoms with Gasteiger partial charge < -0.3 is 9.84 Å². The van der Waals surface area contributed by atoms with Crippen molar-refractivity contribution >= 4 is 17.6 Å². The fourth-order valence-electron chi connectivity index (χ4n) is 2.43. The lowest BCUT2D eigenvalue weighted by Crippen LogP contribution is -2.24. The molecule has 0 aliphatic carbocycles. The summed E-state index contributed by atoms with van der Waals surface area (Å²) in [5.41, 5.74) is 1.74. The summed E-state index contributed by atoms with van der Waals surface area (Å²) in [6, 6.07) is 16.6. The first kappa shape index (κ1) is 17.3. The Kier molecular flexibility index (Phi) is 6.39. The van der Waals surface area contributed by atoms with Gasteiger partial charge in [0.25, 0.3) is 0 Å². The summed E-state index contributed by atoms with van der Waals surface area (Å²) in [5.74, 6) is -1.93. The molecule has 0 unspecified atom stereocenters. The highest BCUT2D eigenvalue weighted by atomic mass is 35.5. The van der Waals surface area contributed by atoms with Crippen molar-refractivity contribution in [2.75, 3.05) is 6.61 Å². The van der Waals surface area contributed by atoms with Crippen LogP contribution in [0.1, 0.15) is 17.0 Å². The third kappa shape index (κ3) is 4.95. The van der Waals surface area contributed by atoms with E-state index < -0.39 is 11.9 Å². The van der Waals surface area contributed by atoms with Crippen molar-refractivity contribution in [1.29, 1.82) is 0 Å². The minimum Gasteiger partial charge on any atom is -0.481 e. The molecule has 0 aliphatic rings. The van der Waals surface area contributed by atoms with Crippen LogP contribution in [0.3, 0.4) is 0 Å². The largest absolute Gasteiger partial charge is 0.481 e. The molecule has 0 bridgehead atoms. The highest BCUT2D eigenvalue weighted by Crippen LogP contribution is 2.28. The van der Waals surface area contributed by atoms with Gasteiger partial charge in [-0.1, -0.05) is 60.1 Å². The molecule has 1 N–H and O–H groups in total. The molecule has 0 amide bonds. The van der Waals surface area contributed by atoms with E-state index in [0.717, 1.165) is 5.56 Å². The molecule has 2 atom stereocenters. The third-order valence-electron chi connectivity index (χ3n) is 3.65. The van der Waals surface area contributed by atoms with Crippen molar-refractivity contribution in [3.05, 3.63) is 83.4 Å². The van der Waals surface area contributed by atoms with Gasteiger partial charge in [-0.25, -0.2) is 0 Å². The Morgan fingerprint density at radius 1 is 1.17 bits per heavy atom. The number of carboxylic acid groups (broad SMARTS) is 1. The monoisotopic (exact) mass is 330 g/mol. The van der Waals surface area contributed by atoms with Gasteiger partial charge >= 0.3 is 5.97 Å². The predicted molar refractivity (Wildman–Crippen MR) is 91.6 cm³/mol. The molecule has 23 heavy (non-hydrogen) atoms. The van der Waals surface area contributed by atoms with Crippen LogP contribution in [0.2, 0.25) is 5.02 Å². The van der Waals surface area contributed by atoms with E-state index in [1.807, 2.05) is 30.3 Å². The molecule has 0 heterocycles. The quantitative estimate of drug-likeness (QED) is 0.723. The van der Waals surface area contributed by atoms with Crippen LogP contribution < -0.4 is 0 Å². The Morgan fingerprint density at radius 2 is 1.83 bits per heavy atom. The van der Waals surface area contributed by atoms with E-state index in [0.29, 0.717) is 17.2 Å². The standard InChI is InChI=1S/C19H19ClO3/c1-2-15(13-23-12-14-6-4-3-5-7-14)18(19(21)22)16-8-10-17(20)11-9-16/h2-11,15,18H,1,12-13H2,(H,21,22)/t15-,18-/m1/s1. The number of ether oxygens (including phenoxy) is 1. The maximum Gasteiger partial charge on any atom is 0.311 e. The first-order valence-corrected chi connectivity index (χ1v) is 7.72. The number of benzene rings is 2. The highest BCUT2D eigenvalue weighted by Gasteiger charge is 2.28. The van der Waals surface area contributed by atoms with Crippen LogP contribution in [0.5, 0.6) is 0 Å². The zero-order chi connectivity index (χ0) is 16.7. The topological polar surface area (TPSA) is 46.5 Å². The van der Waals surface area contributed by atoms with Gasteiger partial charge in [-0.3, -0.25) is 4.79 Å². The zero-order valence-electron chi connectivity index (χ0n) is 12.7. The van der Waals surface area contributed by atoms with Crippen LogP contribution in [-0.4, -0.2) is 17.7 Å². The molecule has 0 saturated heterocycles. The molecule has 0 aromatic heterocycles. The van der Waals surface area contributed by atoms with Gasteiger partial charge in [-0.2, -0.15) is 0 Å². The van der Waals surface area contributed by atoms with E-state index in [9.17, 15) is 9.90 Å². The summed E-state index contributed by atoms with van der Waals surface area (Å²) >= 11 is 5.87. The lowest BCUT2D eigenvalue weighted by molar-refractivity contribution is -0.140. The van der Waals surface area contributed by atoms with Crippen molar-refractivity contribution < 1.29 is 14.6 Å². The normalized spacial score (nSPS) is 13.3. The number of carbonyl (C=O) groups is 1. The summed E-state index contributed by atoms with van der Waals surface area (Å²) in [7, 11) is 0. The molecule has 0 fully saturated rings. The number of rotatable bonds is 8. The molecule has 2 aromatic rings. The average Bonchev–Trinajstić information content (AvgIpc) is 2.56. The minimum atomic E-state index is -0.902. The van der Waals surface area contributed by atoms with Crippen molar-refractivity contribution in [2.24, 2.45) is 5.92 Å². The van der Waals surface area contributed by atoms with Gasteiger partial charge in [0.1, 0.15) is 0 Å².